The van der Waals surface area contributed by atoms with Crippen LogP contribution in [-0.4, -0.2) is 17.7 Å². The molecule has 0 saturated carbocycles. The van der Waals surface area contributed by atoms with Crippen molar-refractivity contribution in [3.8, 4) is 0 Å². The van der Waals surface area contributed by atoms with Crippen LogP contribution in [0.1, 0.15) is 34.0 Å². The maximum atomic E-state index is 11.7. The van der Waals surface area contributed by atoms with Gasteiger partial charge >= 0.3 is 5.97 Å². The first-order valence-corrected chi connectivity index (χ1v) is 8.28. The van der Waals surface area contributed by atoms with Gasteiger partial charge in [-0.1, -0.05) is 29.8 Å². The van der Waals surface area contributed by atoms with Gasteiger partial charge in [-0.05, 0) is 62.3 Å². The molecule has 2 N–H and O–H groups in total. The standard InChI is InChI=1S/C19H22N2O2S/c1-4-23-18(22)16-9-10-17(14(3)11-16)21-19(24)20-12-15-7-5-13(2)6-8-15/h5-11H,4,12H2,1-3H3,(H2,20,21,24). The minimum absolute atomic E-state index is 0.313. The van der Waals surface area contributed by atoms with E-state index in [1.165, 1.54) is 11.1 Å². The highest BCUT2D eigenvalue weighted by atomic mass is 32.1. The van der Waals surface area contributed by atoms with Gasteiger partial charge in [0.1, 0.15) is 0 Å². The molecule has 0 spiro atoms. The van der Waals surface area contributed by atoms with E-state index in [9.17, 15) is 4.79 Å². The van der Waals surface area contributed by atoms with Crippen molar-refractivity contribution in [1.29, 1.82) is 0 Å². The molecule has 0 fully saturated rings. The topological polar surface area (TPSA) is 50.4 Å². The Labute approximate surface area is 148 Å². The summed E-state index contributed by atoms with van der Waals surface area (Å²) in [6.07, 6.45) is 0. The van der Waals surface area contributed by atoms with E-state index in [0.717, 1.165) is 11.3 Å². The van der Waals surface area contributed by atoms with E-state index in [1.54, 1.807) is 19.1 Å². The molecule has 0 bridgehead atoms. The third-order valence-electron chi connectivity index (χ3n) is 3.56. The first-order chi connectivity index (χ1) is 11.5. The van der Waals surface area contributed by atoms with Gasteiger partial charge in [0.15, 0.2) is 5.11 Å². The lowest BCUT2D eigenvalue weighted by Gasteiger charge is -2.13. The zero-order valence-electron chi connectivity index (χ0n) is 14.2. The Morgan fingerprint density at radius 3 is 2.46 bits per heavy atom. The van der Waals surface area contributed by atoms with E-state index in [0.29, 0.717) is 23.8 Å². The highest BCUT2D eigenvalue weighted by Gasteiger charge is 2.09. The van der Waals surface area contributed by atoms with Crippen LogP contribution in [0.2, 0.25) is 0 Å². The molecule has 0 aromatic heterocycles. The van der Waals surface area contributed by atoms with Crippen molar-refractivity contribution in [3.63, 3.8) is 0 Å². The molecule has 4 nitrogen and oxygen atoms in total. The van der Waals surface area contributed by atoms with E-state index < -0.39 is 0 Å². The quantitative estimate of drug-likeness (QED) is 0.636. The van der Waals surface area contributed by atoms with Crippen LogP contribution in [0.5, 0.6) is 0 Å². The Bertz CT molecular complexity index is 727. The zero-order chi connectivity index (χ0) is 17.5. The van der Waals surface area contributed by atoms with E-state index in [1.807, 2.05) is 13.0 Å². The first kappa shape index (κ1) is 17.9. The molecule has 0 aliphatic heterocycles. The molecule has 0 aliphatic carbocycles. The third-order valence-corrected chi connectivity index (χ3v) is 3.81. The first-order valence-electron chi connectivity index (χ1n) is 7.87. The maximum Gasteiger partial charge on any atom is 0.338 e. The molecule has 0 aliphatic rings. The summed E-state index contributed by atoms with van der Waals surface area (Å²) in [4.78, 5) is 11.7. The molecule has 2 aromatic carbocycles. The van der Waals surface area contributed by atoms with Gasteiger partial charge in [-0.15, -0.1) is 0 Å². The van der Waals surface area contributed by atoms with Crippen molar-refractivity contribution >= 4 is 29.0 Å². The summed E-state index contributed by atoms with van der Waals surface area (Å²) < 4.78 is 5.00. The second kappa shape index (κ2) is 8.45. The zero-order valence-corrected chi connectivity index (χ0v) is 15.0. The number of hydrogen-bond donors (Lipinski definition) is 2. The van der Waals surface area contributed by atoms with Gasteiger partial charge in [0.05, 0.1) is 12.2 Å². The van der Waals surface area contributed by atoms with E-state index in [2.05, 4.69) is 41.8 Å². The number of rotatable bonds is 5. The van der Waals surface area contributed by atoms with Gasteiger partial charge in [-0.2, -0.15) is 0 Å². The van der Waals surface area contributed by atoms with Crippen LogP contribution in [0.25, 0.3) is 0 Å². The molecule has 126 valence electrons. The summed E-state index contributed by atoms with van der Waals surface area (Å²) in [6, 6.07) is 13.7. The van der Waals surface area contributed by atoms with Crippen molar-refractivity contribution in [2.75, 3.05) is 11.9 Å². The van der Waals surface area contributed by atoms with Crippen molar-refractivity contribution in [2.24, 2.45) is 0 Å². The van der Waals surface area contributed by atoms with Crippen molar-refractivity contribution in [3.05, 3.63) is 64.7 Å². The van der Waals surface area contributed by atoms with E-state index in [4.69, 9.17) is 17.0 Å². The Morgan fingerprint density at radius 2 is 1.83 bits per heavy atom. The van der Waals surface area contributed by atoms with Gasteiger partial charge < -0.3 is 15.4 Å². The Hall–Kier alpha value is -2.40. The van der Waals surface area contributed by atoms with Crippen LogP contribution in [0, 0.1) is 13.8 Å². The fourth-order valence-electron chi connectivity index (χ4n) is 2.20. The highest BCUT2D eigenvalue weighted by molar-refractivity contribution is 7.80. The second-order valence-electron chi connectivity index (χ2n) is 5.54. The van der Waals surface area contributed by atoms with Gasteiger partial charge in [-0.3, -0.25) is 0 Å². The van der Waals surface area contributed by atoms with Gasteiger partial charge in [-0.25, -0.2) is 4.79 Å². The average Bonchev–Trinajstić information content (AvgIpc) is 2.56. The number of esters is 1. The summed E-state index contributed by atoms with van der Waals surface area (Å²) in [7, 11) is 0. The molecule has 2 rings (SSSR count). The van der Waals surface area contributed by atoms with Crippen LogP contribution in [-0.2, 0) is 11.3 Å². The molecular weight excluding hydrogens is 320 g/mol. The molecule has 0 atom stereocenters. The monoisotopic (exact) mass is 342 g/mol. The van der Waals surface area contributed by atoms with Crippen LogP contribution in [0.4, 0.5) is 5.69 Å². The van der Waals surface area contributed by atoms with E-state index in [-0.39, 0.29) is 5.97 Å². The fourth-order valence-corrected chi connectivity index (χ4v) is 2.38. The number of ether oxygens (including phenoxy) is 1. The van der Waals surface area contributed by atoms with Gasteiger partial charge in [0.2, 0.25) is 0 Å². The number of benzene rings is 2. The molecule has 0 heterocycles. The minimum Gasteiger partial charge on any atom is -0.462 e. The van der Waals surface area contributed by atoms with Crippen LogP contribution < -0.4 is 10.6 Å². The molecule has 5 heteroatoms. The highest BCUT2D eigenvalue weighted by Crippen LogP contribution is 2.17. The summed E-state index contributed by atoms with van der Waals surface area (Å²) in [5.41, 5.74) is 4.74. The van der Waals surface area contributed by atoms with E-state index >= 15 is 0 Å². The van der Waals surface area contributed by atoms with Crippen molar-refractivity contribution in [1.82, 2.24) is 5.32 Å². The number of carbonyl (C=O) groups is 1. The second-order valence-corrected chi connectivity index (χ2v) is 5.95. The van der Waals surface area contributed by atoms with Gasteiger partial charge in [0.25, 0.3) is 0 Å². The average molecular weight is 342 g/mol. The third kappa shape index (κ3) is 5.06. The predicted octanol–water partition coefficient (Wildman–Crippen LogP) is 3.97. The largest absolute Gasteiger partial charge is 0.462 e. The molecule has 0 amide bonds. The molecule has 0 saturated heterocycles. The van der Waals surface area contributed by atoms with Gasteiger partial charge in [0, 0.05) is 12.2 Å². The van der Waals surface area contributed by atoms with Crippen molar-refractivity contribution < 1.29 is 9.53 Å². The molecular formula is C19H22N2O2S. The summed E-state index contributed by atoms with van der Waals surface area (Å²) in [5.74, 6) is -0.313. The lowest BCUT2D eigenvalue weighted by Crippen LogP contribution is -2.28. The number of aryl methyl sites for hydroxylation is 2. The number of nitrogens with one attached hydrogen (secondary N) is 2. The normalized spacial score (nSPS) is 10.1. The molecule has 24 heavy (non-hydrogen) atoms. The smallest absolute Gasteiger partial charge is 0.338 e. The molecule has 0 radical (unpaired) electrons. The van der Waals surface area contributed by atoms with Crippen molar-refractivity contribution in [2.45, 2.75) is 27.3 Å². The lowest BCUT2D eigenvalue weighted by atomic mass is 10.1. The van der Waals surface area contributed by atoms with Crippen LogP contribution in [0.15, 0.2) is 42.5 Å². The SMILES string of the molecule is CCOC(=O)c1ccc(NC(=S)NCc2ccc(C)cc2)c(C)c1. The molecule has 0 unspecified atom stereocenters. The minimum atomic E-state index is -0.313. The number of anilines is 1. The predicted molar refractivity (Wildman–Crippen MR) is 101 cm³/mol. The number of carbonyl (C=O) groups excluding carboxylic acids is 1. The summed E-state index contributed by atoms with van der Waals surface area (Å²) in [5, 5.41) is 6.88. The lowest BCUT2D eigenvalue weighted by molar-refractivity contribution is 0.0526. The fraction of sp³-hybridized carbons (Fsp3) is 0.263. The number of thiocarbonyl (C=S) groups is 1. The Morgan fingerprint density at radius 1 is 1.12 bits per heavy atom. The molecule has 2 aromatic rings. The maximum absolute atomic E-state index is 11.7. The Kier molecular flexibility index (Phi) is 6.32. The Balaban J connectivity index is 1.93. The van der Waals surface area contributed by atoms with Crippen LogP contribution in [0.3, 0.4) is 0 Å². The summed E-state index contributed by atoms with van der Waals surface area (Å²) >= 11 is 5.33. The van der Waals surface area contributed by atoms with Crippen LogP contribution >= 0.6 is 12.2 Å². The summed E-state index contributed by atoms with van der Waals surface area (Å²) in [6.45, 7) is 6.80. The number of hydrogen-bond acceptors (Lipinski definition) is 3.